The van der Waals surface area contributed by atoms with E-state index in [0.717, 1.165) is 13.0 Å². The van der Waals surface area contributed by atoms with Crippen LogP contribution >= 0.6 is 0 Å². The van der Waals surface area contributed by atoms with E-state index in [1.54, 1.807) is 19.1 Å². The molecular formula is C14H18FNO. The molecule has 0 aliphatic rings. The van der Waals surface area contributed by atoms with Crippen LogP contribution in [0.5, 0.6) is 0 Å². The summed E-state index contributed by atoms with van der Waals surface area (Å²) < 4.78 is 13.9. The van der Waals surface area contributed by atoms with Gasteiger partial charge in [0.1, 0.15) is 5.82 Å². The zero-order chi connectivity index (χ0) is 12.8. The Labute approximate surface area is 102 Å². The summed E-state index contributed by atoms with van der Waals surface area (Å²) in [6.07, 6.45) is 5.51. The molecule has 1 aromatic carbocycles. The van der Waals surface area contributed by atoms with Gasteiger partial charge in [-0.2, -0.15) is 0 Å². The molecule has 17 heavy (non-hydrogen) atoms. The number of aliphatic hydroxyl groups excluding tert-OH is 1. The third kappa shape index (κ3) is 3.47. The Morgan fingerprint density at radius 1 is 1.53 bits per heavy atom. The van der Waals surface area contributed by atoms with E-state index in [2.05, 4.69) is 5.92 Å². The number of hydrogen-bond donors (Lipinski definition) is 1. The number of anilines is 1. The molecule has 0 amide bonds. The van der Waals surface area contributed by atoms with Gasteiger partial charge in [0, 0.05) is 6.54 Å². The first kappa shape index (κ1) is 13.5. The topological polar surface area (TPSA) is 23.5 Å². The van der Waals surface area contributed by atoms with E-state index in [1.165, 1.54) is 6.07 Å². The SMILES string of the molecule is C#CCN(CCC)c1ccc([C@@H](C)O)cc1F. The van der Waals surface area contributed by atoms with Crippen LogP contribution in [0.3, 0.4) is 0 Å². The number of terminal acetylenes is 1. The number of benzene rings is 1. The number of halogens is 1. The first-order chi connectivity index (χ1) is 8.10. The molecule has 0 aromatic heterocycles. The molecule has 0 aliphatic carbocycles. The minimum atomic E-state index is -0.661. The first-order valence-electron chi connectivity index (χ1n) is 5.76. The van der Waals surface area contributed by atoms with Gasteiger partial charge in [0.05, 0.1) is 18.3 Å². The maximum Gasteiger partial charge on any atom is 0.146 e. The molecule has 2 nitrogen and oxygen atoms in total. The molecule has 0 unspecified atom stereocenters. The van der Waals surface area contributed by atoms with Crippen molar-refractivity contribution in [3.8, 4) is 12.3 Å². The molecule has 92 valence electrons. The van der Waals surface area contributed by atoms with E-state index in [0.29, 0.717) is 17.8 Å². The average molecular weight is 235 g/mol. The second-order valence-corrected chi connectivity index (χ2v) is 4.01. The monoisotopic (exact) mass is 235 g/mol. The second-order valence-electron chi connectivity index (χ2n) is 4.01. The van der Waals surface area contributed by atoms with Gasteiger partial charge in [0.15, 0.2) is 0 Å². The van der Waals surface area contributed by atoms with Gasteiger partial charge in [-0.15, -0.1) is 6.42 Å². The lowest BCUT2D eigenvalue weighted by atomic mass is 10.1. The van der Waals surface area contributed by atoms with Gasteiger partial charge in [-0.25, -0.2) is 4.39 Å². The van der Waals surface area contributed by atoms with E-state index in [4.69, 9.17) is 6.42 Å². The lowest BCUT2D eigenvalue weighted by Gasteiger charge is -2.22. The average Bonchev–Trinajstić information content (AvgIpc) is 2.28. The van der Waals surface area contributed by atoms with Crippen molar-refractivity contribution in [1.82, 2.24) is 0 Å². The van der Waals surface area contributed by atoms with Crippen LogP contribution in [0.25, 0.3) is 0 Å². The van der Waals surface area contributed by atoms with Gasteiger partial charge in [0.25, 0.3) is 0 Å². The normalized spacial score (nSPS) is 11.9. The van der Waals surface area contributed by atoms with Crippen LogP contribution in [-0.4, -0.2) is 18.2 Å². The van der Waals surface area contributed by atoms with E-state index in [1.807, 2.05) is 11.8 Å². The van der Waals surface area contributed by atoms with Crippen LogP contribution in [0.2, 0.25) is 0 Å². The molecule has 0 fully saturated rings. The molecule has 1 aromatic rings. The smallest absolute Gasteiger partial charge is 0.146 e. The molecule has 0 saturated carbocycles. The van der Waals surface area contributed by atoms with Crippen molar-refractivity contribution in [3.05, 3.63) is 29.6 Å². The fourth-order valence-electron chi connectivity index (χ4n) is 1.70. The Bertz CT molecular complexity index is 409. The maximum absolute atomic E-state index is 13.9. The summed E-state index contributed by atoms with van der Waals surface area (Å²) in [5.41, 5.74) is 1.07. The molecular weight excluding hydrogens is 217 g/mol. The summed E-state index contributed by atoms with van der Waals surface area (Å²) >= 11 is 0. The number of nitrogens with zero attached hydrogens (tertiary/aromatic N) is 1. The largest absolute Gasteiger partial charge is 0.389 e. The van der Waals surface area contributed by atoms with Crippen LogP contribution in [0.15, 0.2) is 18.2 Å². The third-order valence-electron chi connectivity index (χ3n) is 2.57. The van der Waals surface area contributed by atoms with Crippen molar-refractivity contribution < 1.29 is 9.50 Å². The third-order valence-corrected chi connectivity index (χ3v) is 2.57. The van der Waals surface area contributed by atoms with E-state index >= 15 is 0 Å². The zero-order valence-electron chi connectivity index (χ0n) is 10.3. The van der Waals surface area contributed by atoms with Gasteiger partial charge in [-0.1, -0.05) is 18.9 Å². The minimum absolute atomic E-state index is 0.341. The lowest BCUT2D eigenvalue weighted by molar-refractivity contribution is 0.199. The van der Waals surface area contributed by atoms with Gasteiger partial charge in [0.2, 0.25) is 0 Å². The highest BCUT2D eigenvalue weighted by atomic mass is 19.1. The van der Waals surface area contributed by atoms with Crippen LogP contribution < -0.4 is 4.90 Å². The minimum Gasteiger partial charge on any atom is -0.389 e. The molecule has 0 saturated heterocycles. The van der Waals surface area contributed by atoms with Gasteiger partial charge < -0.3 is 10.0 Å². The van der Waals surface area contributed by atoms with Gasteiger partial charge in [-0.05, 0) is 31.0 Å². The predicted molar refractivity (Wildman–Crippen MR) is 68.4 cm³/mol. The highest BCUT2D eigenvalue weighted by Crippen LogP contribution is 2.23. The fourth-order valence-corrected chi connectivity index (χ4v) is 1.70. The van der Waals surface area contributed by atoms with Crippen LogP contribution in [-0.2, 0) is 0 Å². The second kappa shape index (κ2) is 6.27. The van der Waals surface area contributed by atoms with Crippen molar-refractivity contribution in [1.29, 1.82) is 0 Å². The molecule has 0 heterocycles. The van der Waals surface area contributed by atoms with E-state index < -0.39 is 6.10 Å². The van der Waals surface area contributed by atoms with Crippen molar-refractivity contribution in [2.75, 3.05) is 18.0 Å². The summed E-state index contributed by atoms with van der Waals surface area (Å²) in [6, 6.07) is 4.76. The van der Waals surface area contributed by atoms with Crippen LogP contribution in [0.4, 0.5) is 10.1 Å². The fraction of sp³-hybridized carbons (Fsp3) is 0.429. The molecule has 0 spiro atoms. The van der Waals surface area contributed by atoms with E-state index in [9.17, 15) is 9.50 Å². The van der Waals surface area contributed by atoms with Crippen molar-refractivity contribution >= 4 is 5.69 Å². The molecule has 1 atom stereocenters. The number of hydrogen-bond acceptors (Lipinski definition) is 2. The molecule has 0 radical (unpaired) electrons. The Morgan fingerprint density at radius 3 is 2.71 bits per heavy atom. The molecule has 1 rings (SSSR count). The summed E-state index contributed by atoms with van der Waals surface area (Å²) in [7, 11) is 0. The molecule has 3 heteroatoms. The molecule has 0 aliphatic heterocycles. The van der Waals surface area contributed by atoms with Crippen LogP contribution in [0.1, 0.15) is 31.9 Å². The standard InChI is InChI=1S/C14H18FNO/c1-4-8-16(9-5-2)14-7-6-12(11(3)17)10-13(14)15/h1,6-7,10-11,17H,5,8-9H2,2-3H3/t11-/m1/s1. The predicted octanol–water partition coefficient (Wildman–Crippen LogP) is 2.73. The van der Waals surface area contributed by atoms with Crippen LogP contribution in [0, 0.1) is 18.2 Å². The Kier molecular flexibility index (Phi) is 4.99. The molecule has 0 bridgehead atoms. The highest BCUT2D eigenvalue weighted by molar-refractivity contribution is 5.50. The van der Waals surface area contributed by atoms with Crippen molar-refractivity contribution in [3.63, 3.8) is 0 Å². The first-order valence-corrected chi connectivity index (χ1v) is 5.76. The quantitative estimate of drug-likeness (QED) is 0.793. The number of aliphatic hydroxyl groups is 1. The summed E-state index contributed by atoms with van der Waals surface area (Å²) in [4.78, 5) is 1.82. The Balaban J connectivity index is 3.00. The van der Waals surface area contributed by atoms with Gasteiger partial charge in [-0.3, -0.25) is 0 Å². The Morgan fingerprint density at radius 2 is 2.24 bits per heavy atom. The summed E-state index contributed by atoms with van der Waals surface area (Å²) in [5.74, 6) is 2.18. The molecule has 1 N–H and O–H groups in total. The summed E-state index contributed by atoms with van der Waals surface area (Å²) in [5, 5.41) is 9.37. The number of rotatable bonds is 5. The highest BCUT2D eigenvalue weighted by Gasteiger charge is 2.12. The summed E-state index contributed by atoms with van der Waals surface area (Å²) in [6.45, 7) is 4.74. The van der Waals surface area contributed by atoms with Gasteiger partial charge >= 0.3 is 0 Å². The van der Waals surface area contributed by atoms with E-state index in [-0.39, 0.29) is 5.82 Å². The Hall–Kier alpha value is -1.53. The lowest BCUT2D eigenvalue weighted by Crippen LogP contribution is -2.25. The van der Waals surface area contributed by atoms with Crippen molar-refractivity contribution in [2.24, 2.45) is 0 Å². The maximum atomic E-state index is 13.9. The zero-order valence-corrected chi connectivity index (χ0v) is 10.3. The van der Waals surface area contributed by atoms with Crippen molar-refractivity contribution in [2.45, 2.75) is 26.4 Å².